The molecule has 0 saturated carbocycles. The summed E-state index contributed by atoms with van der Waals surface area (Å²) in [6, 6.07) is 10.2. The van der Waals surface area contributed by atoms with Gasteiger partial charge < -0.3 is 0 Å². The molecule has 10 saturated heterocycles. The van der Waals surface area contributed by atoms with Crippen LogP contribution in [0.5, 0.6) is 0 Å². The number of esters is 1. The average molecular weight is 428 g/mol. The predicted octanol–water partition coefficient (Wildman–Crippen LogP) is 5.91. The van der Waals surface area contributed by atoms with Crippen molar-refractivity contribution in [3.8, 4) is 0 Å². The first-order valence-corrected chi connectivity index (χ1v) is 17.4. The fraction of sp³-hybridized carbons (Fsp3) is 0.520. The van der Waals surface area contributed by atoms with E-state index in [0.717, 1.165) is 44.1 Å². The normalized spacial score (nSPS) is 77.8. The fourth-order valence-electron chi connectivity index (χ4n) is 19.7. The Morgan fingerprint density at radius 2 is 1.59 bits per heavy atom. The first-order chi connectivity index (χ1) is 13.8. The van der Waals surface area contributed by atoms with E-state index in [1.165, 1.54) is 5.57 Å². The molecule has 8 unspecified atom stereocenters. The molecule has 10 fully saturated rings. The van der Waals surface area contributed by atoms with Gasteiger partial charge in [-0.2, -0.15) is 0 Å². The summed E-state index contributed by atoms with van der Waals surface area (Å²) in [7, 11) is 0. The van der Waals surface area contributed by atoms with Gasteiger partial charge in [-0.3, -0.25) is 0 Å². The first kappa shape index (κ1) is 13.6. The van der Waals surface area contributed by atoms with Crippen molar-refractivity contribution < 1.29 is 20.8 Å². The molecule has 0 aromatic heterocycles. The zero-order valence-corrected chi connectivity index (χ0v) is 17.6. The molecule has 0 N–H and O–H groups in total. The van der Waals surface area contributed by atoms with Crippen LogP contribution in [0.15, 0.2) is 48.1 Å². The molecule has 11 rings (SSSR count). The van der Waals surface area contributed by atoms with Gasteiger partial charge in [0.2, 0.25) is 0 Å². The number of fused-ring (bicyclic) bond motifs is 10. The Bertz CT molecular complexity index is 1610. The van der Waals surface area contributed by atoms with Crippen molar-refractivity contribution in [1.29, 1.82) is 0 Å². The van der Waals surface area contributed by atoms with Gasteiger partial charge in [-0.25, -0.2) is 0 Å². The molecule has 150 valence electrons. The van der Waals surface area contributed by atoms with Gasteiger partial charge in [0.15, 0.2) is 0 Å². The number of carbonyl (C=O) groups excluding carboxylic acids is 2. The molecule has 8 atom stereocenters. The van der Waals surface area contributed by atoms with Crippen molar-refractivity contribution >= 4 is 17.8 Å². The second-order valence-electron chi connectivity index (χ2n) is 13.5. The maximum absolute atomic E-state index is 13.9. The molecule has 0 radical (unpaired) electrons. The monoisotopic (exact) mass is 428 g/mol. The van der Waals surface area contributed by atoms with E-state index in [1.54, 1.807) is 0 Å². The Kier molecular flexibility index (Phi) is 0.775. The van der Waals surface area contributed by atoms with Gasteiger partial charge in [0.05, 0.1) is 0 Å². The molecule has 10 aliphatic rings. The summed E-state index contributed by atoms with van der Waals surface area (Å²) in [6.07, 6.45) is 5.87. The number of hydrogen-bond donors (Lipinski definition) is 0. The van der Waals surface area contributed by atoms with E-state index in [4.69, 9.17) is 4.74 Å². The molecule has 1 aromatic carbocycles. The molecule has 0 aliphatic carbocycles. The van der Waals surface area contributed by atoms with Crippen LogP contribution in [0.2, 0.25) is 47.2 Å². The van der Waals surface area contributed by atoms with Gasteiger partial charge in [0.1, 0.15) is 0 Å². The molecule has 10 aliphatic heterocycles. The summed E-state index contributed by atoms with van der Waals surface area (Å²) < 4.78 is 5.80. The van der Waals surface area contributed by atoms with Crippen LogP contribution in [0.4, 0.5) is 0 Å². The summed E-state index contributed by atoms with van der Waals surface area (Å²) in [5.41, 5.74) is 2.47. The molecule has 4 heteroatoms. The molecule has 0 bridgehead atoms. The maximum atomic E-state index is 13.9. The van der Waals surface area contributed by atoms with Crippen molar-refractivity contribution in [2.75, 3.05) is 6.61 Å². The van der Waals surface area contributed by atoms with Gasteiger partial charge in [-0.1, -0.05) is 0 Å². The molecule has 1 aromatic rings. The van der Waals surface area contributed by atoms with Crippen LogP contribution < -0.4 is 0 Å². The number of allylic oxidation sites excluding steroid dienone is 2. The summed E-state index contributed by atoms with van der Waals surface area (Å²) in [5, 5.41) is 0. The average Bonchev–Trinajstić information content (AvgIpc) is 3.66. The van der Waals surface area contributed by atoms with E-state index >= 15 is 0 Å². The van der Waals surface area contributed by atoms with Gasteiger partial charge in [-0.05, 0) is 0 Å². The molecule has 1 spiro atoms. The van der Waals surface area contributed by atoms with E-state index in [-0.39, 0.29) is 10.3 Å². The quantitative estimate of drug-likeness (QED) is 0.322. The van der Waals surface area contributed by atoms with Crippen LogP contribution in [0.1, 0.15) is 19.4 Å². The van der Waals surface area contributed by atoms with E-state index in [9.17, 15) is 9.59 Å². The number of ketones is 1. The van der Waals surface area contributed by atoms with Crippen LogP contribution in [0, 0.1) is 0 Å². The number of carbonyl (C=O) groups is 2. The number of rotatable bonds is 6. The first-order valence-electron chi connectivity index (χ1n) is 11.1. The number of hydrogen-bond acceptors (Lipinski definition) is 3. The van der Waals surface area contributed by atoms with Gasteiger partial charge >= 0.3 is 160 Å². The van der Waals surface area contributed by atoms with E-state index in [1.807, 2.05) is 37.3 Å². The fourth-order valence-corrected chi connectivity index (χ4v) is 96.2. The van der Waals surface area contributed by atoms with Crippen molar-refractivity contribution in [1.82, 2.24) is 0 Å². The summed E-state index contributed by atoms with van der Waals surface area (Å²) in [5.74, 6) is 0.349. The van der Waals surface area contributed by atoms with Crippen molar-refractivity contribution in [3.05, 3.63) is 53.6 Å². The van der Waals surface area contributed by atoms with E-state index < -0.39 is 6.51 Å². The summed E-state index contributed by atoms with van der Waals surface area (Å²) >= 11 is 0. The van der Waals surface area contributed by atoms with Gasteiger partial charge in [-0.15, -0.1) is 0 Å². The van der Waals surface area contributed by atoms with E-state index in [0.29, 0.717) is 16.7 Å². The molecule has 10 heterocycles. The molecule has 0 amide bonds. The third-order valence-electron chi connectivity index (χ3n) is 17.6. The SMILES string of the molecule is CCOC(=O)C=C(C)[C]12[CH]3[CH]4[CH]5[CH]1[Fe]45321678[CH]2[CH]1[CH]6[C]7(C(=O)C=Cc1ccccc1)[CH]28. The van der Waals surface area contributed by atoms with E-state index in [2.05, 4.69) is 25.1 Å². The topological polar surface area (TPSA) is 43.4 Å². The minimum absolute atomic E-state index is 0.142. The standard InChI is InChI=1S/C14H11O.C11H13O2.Fe/c15-14(13-8-4-5-9-13)11-10-12-6-2-1-3-7-12;1-3-13-11(12)8-9(2)10-6-4-5-7-10;/h1-11H;4-8H,3H2,1-2H3;. The third-order valence-corrected chi connectivity index (χ3v) is 60.5. The predicted molar refractivity (Wildman–Crippen MR) is 106 cm³/mol. The Balaban J connectivity index is 1.13. The minimum atomic E-state index is -3.91. The van der Waals surface area contributed by atoms with Crippen molar-refractivity contribution in [2.45, 2.75) is 61.0 Å². The molecular weight excluding hydrogens is 404 g/mol. The van der Waals surface area contributed by atoms with Crippen LogP contribution >= 0.6 is 0 Å². The molecule has 3 nitrogen and oxygen atoms in total. The van der Waals surface area contributed by atoms with Crippen molar-refractivity contribution in [2.24, 2.45) is 0 Å². The Hall–Kier alpha value is -1.64. The Morgan fingerprint density at radius 3 is 2.14 bits per heavy atom. The summed E-state index contributed by atoms with van der Waals surface area (Å²) in [6.45, 7) is 0.631. The van der Waals surface area contributed by atoms with Crippen molar-refractivity contribution in [3.63, 3.8) is 0 Å². The number of ether oxygens (including phenoxy) is 1. The Morgan fingerprint density at radius 1 is 1.00 bits per heavy atom. The van der Waals surface area contributed by atoms with Crippen LogP contribution in [-0.2, 0) is 20.8 Å². The molecular formula is C25H24FeO3. The summed E-state index contributed by atoms with van der Waals surface area (Å²) in [4.78, 5) is 33.8. The Labute approximate surface area is 159 Å². The zero-order chi connectivity index (χ0) is 19.3. The number of benzene rings is 1. The van der Waals surface area contributed by atoms with Gasteiger partial charge in [0.25, 0.3) is 0 Å². The zero-order valence-electron chi connectivity index (χ0n) is 16.5. The second-order valence-corrected chi connectivity index (χ2v) is 36.7. The van der Waals surface area contributed by atoms with Crippen LogP contribution in [0.25, 0.3) is 6.08 Å². The van der Waals surface area contributed by atoms with Gasteiger partial charge in [0, 0.05) is 0 Å². The third kappa shape index (κ3) is 0.238. The van der Waals surface area contributed by atoms with Crippen LogP contribution in [-0.4, -0.2) is 18.4 Å². The second kappa shape index (κ2) is 1.65. The van der Waals surface area contributed by atoms with Crippen LogP contribution in [0.3, 0.4) is 0 Å². The molecule has 29 heavy (non-hydrogen) atoms.